The average molecular weight is 364 g/mol. The largest absolute Gasteiger partial charge is 0.383 e. The van der Waals surface area contributed by atoms with Crippen molar-refractivity contribution in [3.8, 4) is 0 Å². The van der Waals surface area contributed by atoms with Gasteiger partial charge in [-0.05, 0) is 20.9 Å². The van der Waals surface area contributed by atoms with Crippen molar-refractivity contribution in [2.24, 2.45) is 5.92 Å². The van der Waals surface area contributed by atoms with Crippen LogP contribution in [0.25, 0.3) is 10.8 Å². The molecule has 138 valence electrons. The fraction of sp³-hybridized carbons (Fsp3) is 0.350. The molecule has 3 aliphatic rings. The third-order valence-corrected chi connectivity index (χ3v) is 6.40. The molecule has 0 spiro atoms. The minimum atomic E-state index is -1.16. The smallest absolute Gasteiger partial charge is 0.258 e. The maximum Gasteiger partial charge on any atom is 0.258 e. The van der Waals surface area contributed by atoms with Gasteiger partial charge in [0, 0.05) is 10.8 Å². The second-order valence-electron chi connectivity index (χ2n) is 7.77. The van der Waals surface area contributed by atoms with E-state index in [4.69, 9.17) is 10.5 Å². The number of pyridine rings is 1. The Hall–Kier alpha value is -2.77. The number of rotatable bonds is 2. The lowest BCUT2D eigenvalue weighted by Gasteiger charge is -2.37. The number of carbonyl (C=O) groups excluding carboxylic acids is 2. The van der Waals surface area contributed by atoms with E-state index in [1.54, 1.807) is 7.05 Å². The van der Waals surface area contributed by atoms with Gasteiger partial charge in [-0.2, -0.15) is 0 Å². The number of hydrogen-bond acceptors (Lipinski definition) is 6. The van der Waals surface area contributed by atoms with Crippen LogP contribution in [-0.2, 0) is 14.3 Å². The number of anilines is 2. The predicted molar refractivity (Wildman–Crippen MR) is 101 cm³/mol. The monoisotopic (exact) mass is 364 g/mol. The van der Waals surface area contributed by atoms with Crippen molar-refractivity contribution < 1.29 is 14.3 Å². The number of imide groups is 1. The van der Waals surface area contributed by atoms with Crippen LogP contribution in [0.5, 0.6) is 0 Å². The van der Waals surface area contributed by atoms with E-state index in [1.807, 2.05) is 50.3 Å². The molecule has 2 bridgehead atoms. The molecule has 1 aromatic heterocycles. The summed E-state index contributed by atoms with van der Waals surface area (Å²) in [4.78, 5) is 32.7. The Morgan fingerprint density at radius 2 is 1.89 bits per heavy atom. The quantitative estimate of drug-likeness (QED) is 0.617. The number of aromatic nitrogens is 1. The highest BCUT2D eigenvalue weighted by atomic mass is 16.5. The van der Waals surface area contributed by atoms with Crippen LogP contribution >= 0.6 is 0 Å². The number of hydrogen-bond donors (Lipinski definition) is 2. The van der Waals surface area contributed by atoms with Gasteiger partial charge in [0.1, 0.15) is 22.9 Å². The summed E-state index contributed by atoms with van der Waals surface area (Å²) < 4.78 is 6.16. The molecular weight excluding hydrogens is 344 g/mol. The zero-order valence-corrected chi connectivity index (χ0v) is 15.3. The number of amides is 2. The maximum absolute atomic E-state index is 13.7. The van der Waals surface area contributed by atoms with Crippen LogP contribution in [0.1, 0.15) is 13.8 Å². The number of nitrogens with one attached hydrogen (secondary N) is 1. The number of fused-ring (bicyclic) bond motifs is 6. The van der Waals surface area contributed by atoms with Crippen LogP contribution in [0, 0.1) is 5.92 Å². The van der Waals surface area contributed by atoms with Gasteiger partial charge in [-0.25, -0.2) is 9.88 Å². The fourth-order valence-electron chi connectivity index (χ4n) is 5.21. The molecule has 7 nitrogen and oxygen atoms in total. The topological polar surface area (TPSA) is 97.5 Å². The standard InChI is InChI=1S/C20H20N4O3/c1-18-8-9-19(2,27-18)20(22-3)14(18)16(25)24(17(20)26)13-10-23-15(21)12-7-5-4-6-11(12)13/h4-10,14,22H,1-3H3,(H2,21,23)/t14?,18?,19-,20+/m1/s1. The van der Waals surface area contributed by atoms with Crippen molar-refractivity contribution in [3.05, 3.63) is 42.6 Å². The number of carbonyl (C=O) groups is 2. The van der Waals surface area contributed by atoms with Gasteiger partial charge in [0.2, 0.25) is 5.91 Å². The van der Waals surface area contributed by atoms with Crippen LogP contribution in [0.3, 0.4) is 0 Å². The number of benzene rings is 1. The number of likely N-dealkylation sites (N-methyl/N-ethyl adjacent to an activating group) is 1. The van der Waals surface area contributed by atoms with Crippen LogP contribution in [-0.4, -0.2) is 40.6 Å². The van der Waals surface area contributed by atoms with Crippen molar-refractivity contribution in [1.82, 2.24) is 10.3 Å². The van der Waals surface area contributed by atoms with Gasteiger partial charge >= 0.3 is 0 Å². The van der Waals surface area contributed by atoms with Gasteiger partial charge in [-0.1, -0.05) is 36.4 Å². The lowest BCUT2D eigenvalue weighted by molar-refractivity contribution is -0.129. The molecule has 3 N–H and O–H groups in total. The lowest BCUT2D eigenvalue weighted by Crippen LogP contribution is -2.65. The third-order valence-electron chi connectivity index (χ3n) is 6.40. The van der Waals surface area contributed by atoms with E-state index in [-0.39, 0.29) is 11.8 Å². The van der Waals surface area contributed by atoms with Gasteiger partial charge in [-0.15, -0.1) is 0 Å². The lowest BCUT2D eigenvalue weighted by atomic mass is 9.67. The number of ether oxygens (including phenoxy) is 1. The van der Waals surface area contributed by atoms with Crippen molar-refractivity contribution in [2.45, 2.75) is 30.6 Å². The minimum absolute atomic E-state index is 0.290. The van der Waals surface area contributed by atoms with E-state index in [2.05, 4.69) is 10.3 Å². The molecule has 4 atom stereocenters. The summed E-state index contributed by atoms with van der Waals surface area (Å²) in [7, 11) is 1.70. The van der Waals surface area contributed by atoms with E-state index < -0.39 is 22.7 Å². The molecular formula is C20H20N4O3. The highest BCUT2D eigenvalue weighted by molar-refractivity contribution is 6.29. The highest BCUT2D eigenvalue weighted by Crippen LogP contribution is 2.60. The molecule has 2 fully saturated rings. The van der Waals surface area contributed by atoms with E-state index in [0.29, 0.717) is 16.9 Å². The molecule has 0 aliphatic carbocycles. The van der Waals surface area contributed by atoms with E-state index in [0.717, 1.165) is 5.39 Å². The molecule has 2 aromatic rings. The second kappa shape index (κ2) is 4.74. The first kappa shape index (κ1) is 16.4. The minimum Gasteiger partial charge on any atom is -0.383 e. The van der Waals surface area contributed by atoms with E-state index in [1.165, 1.54) is 11.1 Å². The SMILES string of the molecule is CN[C@]12C(=O)N(c3cnc(N)c4ccccc34)C(=O)C1C1(C)C=C[C@@]2(C)O1. The van der Waals surface area contributed by atoms with Crippen molar-refractivity contribution >= 4 is 34.1 Å². The average Bonchev–Trinajstić information content (AvgIpc) is 3.17. The van der Waals surface area contributed by atoms with Gasteiger partial charge in [0.15, 0.2) is 0 Å². The number of nitrogens with zero attached hydrogens (tertiary/aromatic N) is 2. The van der Waals surface area contributed by atoms with Gasteiger partial charge in [0.05, 0.1) is 17.5 Å². The molecule has 1 aromatic carbocycles. The summed E-state index contributed by atoms with van der Waals surface area (Å²) in [5.74, 6) is -0.913. The molecule has 7 heteroatoms. The molecule has 5 rings (SSSR count). The molecule has 2 amide bonds. The first-order valence-electron chi connectivity index (χ1n) is 8.90. The molecule has 0 saturated carbocycles. The highest BCUT2D eigenvalue weighted by Gasteiger charge is 2.79. The summed E-state index contributed by atoms with van der Waals surface area (Å²) >= 11 is 0. The first-order valence-corrected chi connectivity index (χ1v) is 8.90. The molecule has 4 heterocycles. The summed E-state index contributed by atoms with van der Waals surface area (Å²) in [5, 5.41) is 4.57. The van der Waals surface area contributed by atoms with Gasteiger partial charge < -0.3 is 15.8 Å². The summed E-state index contributed by atoms with van der Waals surface area (Å²) in [6, 6.07) is 7.37. The van der Waals surface area contributed by atoms with Gasteiger partial charge in [0.25, 0.3) is 5.91 Å². The van der Waals surface area contributed by atoms with Crippen LogP contribution in [0.2, 0.25) is 0 Å². The number of nitrogen functional groups attached to an aromatic ring is 1. The Morgan fingerprint density at radius 3 is 2.56 bits per heavy atom. The number of nitrogens with two attached hydrogens (primary N) is 1. The van der Waals surface area contributed by atoms with Gasteiger partial charge in [-0.3, -0.25) is 9.59 Å². The Balaban J connectivity index is 1.76. The molecule has 2 saturated heterocycles. The zero-order chi connectivity index (χ0) is 19.2. The second-order valence-corrected chi connectivity index (χ2v) is 7.77. The van der Waals surface area contributed by atoms with Crippen molar-refractivity contribution in [3.63, 3.8) is 0 Å². The summed E-state index contributed by atoms with van der Waals surface area (Å²) in [6.45, 7) is 3.70. The first-order chi connectivity index (χ1) is 12.8. The van der Waals surface area contributed by atoms with Crippen LogP contribution in [0.15, 0.2) is 42.6 Å². The zero-order valence-electron chi connectivity index (χ0n) is 15.3. The Kier molecular flexibility index (Phi) is 2.88. The van der Waals surface area contributed by atoms with Crippen LogP contribution in [0.4, 0.5) is 11.5 Å². The normalized spacial score (nSPS) is 36.9. The summed E-state index contributed by atoms with van der Waals surface area (Å²) in [6.07, 6.45) is 5.27. The maximum atomic E-state index is 13.7. The molecule has 3 aliphatic heterocycles. The summed E-state index contributed by atoms with van der Waals surface area (Å²) in [5.41, 5.74) is 3.54. The van der Waals surface area contributed by atoms with Crippen molar-refractivity contribution in [2.75, 3.05) is 17.7 Å². The molecule has 0 radical (unpaired) electrons. The molecule has 27 heavy (non-hydrogen) atoms. The Labute approximate surface area is 156 Å². The van der Waals surface area contributed by atoms with Crippen LogP contribution < -0.4 is 16.0 Å². The third kappa shape index (κ3) is 1.63. The Bertz CT molecular complexity index is 1070. The van der Waals surface area contributed by atoms with Crippen molar-refractivity contribution in [1.29, 1.82) is 0 Å². The predicted octanol–water partition coefficient (Wildman–Crippen LogP) is 1.38. The van der Waals surface area contributed by atoms with E-state index >= 15 is 0 Å². The van der Waals surface area contributed by atoms with E-state index in [9.17, 15) is 9.59 Å². The Morgan fingerprint density at radius 1 is 1.19 bits per heavy atom. The molecule has 2 unspecified atom stereocenters. The fourth-order valence-corrected chi connectivity index (χ4v) is 5.21.